The zero-order chi connectivity index (χ0) is 13.2. The second-order valence-electron chi connectivity index (χ2n) is 4.42. The minimum atomic E-state index is -2.18. The fourth-order valence-electron chi connectivity index (χ4n) is 1.92. The normalized spacial score (nSPS) is 12.3. The fourth-order valence-corrected chi connectivity index (χ4v) is 2.49. The van der Waals surface area contributed by atoms with Crippen LogP contribution in [-0.4, -0.2) is 15.3 Å². The monoisotopic (exact) mass is 268 g/mol. The van der Waals surface area contributed by atoms with Crippen molar-refractivity contribution in [1.82, 2.24) is 0 Å². The van der Waals surface area contributed by atoms with E-state index in [2.05, 4.69) is 6.92 Å². The molecule has 102 valence electrons. The Morgan fingerprint density at radius 1 is 1.06 bits per heavy atom. The number of rotatable bonds is 9. The van der Waals surface area contributed by atoms with E-state index in [1.807, 2.05) is 30.3 Å². The van der Waals surface area contributed by atoms with Crippen LogP contribution in [0.15, 0.2) is 30.3 Å². The van der Waals surface area contributed by atoms with E-state index in [0.717, 1.165) is 18.5 Å². The Balaban J connectivity index is 2.34. The molecule has 0 bridgehead atoms. The molecule has 1 rings (SSSR count). The van der Waals surface area contributed by atoms with Crippen molar-refractivity contribution >= 4 is 17.0 Å². The highest BCUT2D eigenvalue weighted by atomic mass is 32.2. The van der Waals surface area contributed by atoms with Crippen molar-refractivity contribution in [3.63, 3.8) is 0 Å². The second-order valence-corrected chi connectivity index (χ2v) is 5.30. The molecule has 4 heteroatoms. The first-order chi connectivity index (χ1) is 8.75. The molecule has 0 radical (unpaired) electrons. The summed E-state index contributed by atoms with van der Waals surface area (Å²) in [6.07, 6.45) is 6.98. The largest absolute Gasteiger partial charge is 0.755 e. The van der Waals surface area contributed by atoms with E-state index >= 15 is 0 Å². The highest BCUT2D eigenvalue weighted by molar-refractivity contribution is 7.80. The molecule has 0 fully saturated rings. The summed E-state index contributed by atoms with van der Waals surface area (Å²) >= 11 is -2.18. The van der Waals surface area contributed by atoms with E-state index in [9.17, 15) is 8.76 Å². The standard InChI is InChI=1S/C14H23NO2S/c1-2-3-4-5-6-10-13-15(18(16)17)14-11-8-7-9-12-14/h7-9,11-12H,2-6,10,13H2,1H3,(H,16,17)/p-1. The number of benzene rings is 1. The maximum Gasteiger partial charge on any atom is 0.0482 e. The van der Waals surface area contributed by atoms with Gasteiger partial charge in [-0.05, 0) is 18.6 Å². The van der Waals surface area contributed by atoms with Gasteiger partial charge in [-0.1, -0.05) is 57.2 Å². The van der Waals surface area contributed by atoms with Crippen LogP contribution in [-0.2, 0) is 11.3 Å². The van der Waals surface area contributed by atoms with Crippen molar-refractivity contribution < 1.29 is 8.76 Å². The molecule has 0 aliphatic heterocycles. The van der Waals surface area contributed by atoms with Crippen LogP contribution in [0, 0.1) is 0 Å². The molecule has 0 amide bonds. The lowest BCUT2D eigenvalue weighted by atomic mass is 10.1. The Morgan fingerprint density at radius 2 is 1.67 bits per heavy atom. The molecule has 3 nitrogen and oxygen atoms in total. The number of anilines is 1. The first kappa shape index (κ1) is 15.2. The van der Waals surface area contributed by atoms with Crippen molar-refractivity contribution in [2.45, 2.75) is 45.4 Å². The van der Waals surface area contributed by atoms with Crippen LogP contribution in [0.1, 0.15) is 45.4 Å². The van der Waals surface area contributed by atoms with Gasteiger partial charge in [0.1, 0.15) is 0 Å². The van der Waals surface area contributed by atoms with Gasteiger partial charge in [-0.15, -0.1) is 0 Å². The van der Waals surface area contributed by atoms with E-state index in [0.29, 0.717) is 6.54 Å². The SMILES string of the molecule is CCCCCCCCN(c1ccccc1)S(=O)[O-]. The van der Waals surface area contributed by atoms with Gasteiger partial charge in [-0.25, -0.2) is 0 Å². The van der Waals surface area contributed by atoms with Crippen LogP contribution < -0.4 is 4.31 Å². The molecule has 0 saturated carbocycles. The summed E-state index contributed by atoms with van der Waals surface area (Å²) in [5.74, 6) is 0. The highest BCUT2D eigenvalue weighted by Gasteiger charge is 2.05. The molecule has 0 saturated heterocycles. The van der Waals surface area contributed by atoms with Gasteiger partial charge in [0.25, 0.3) is 0 Å². The number of hydrogen-bond acceptors (Lipinski definition) is 2. The third kappa shape index (κ3) is 5.65. The second kappa shape index (κ2) is 9.11. The molecule has 0 heterocycles. The quantitative estimate of drug-likeness (QED) is 0.507. The molecule has 1 aromatic rings. The molecule has 0 aliphatic carbocycles. The van der Waals surface area contributed by atoms with E-state index in [1.165, 1.54) is 30.0 Å². The number of hydrogen-bond donors (Lipinski definition) is 0. The summed E-state index contributed by atoms with van der Waals surface area (Å²) in [6.45, 7) is 2.77. The fraction of sp³-hybridized carbons (Fsp3) is 0.571. The van der Waals surface area contributed by atoms with Crippen LogP contribution in [0.3, 0.4) is 0 Å². The predicted octanol–water partition coefficient (Wildman–Crippen LogP) is 3.65. The van der Waals surface area contributed by atoms with Gasteiger partial charge >= 0.3 is 0 Å². The maximum atomic E-state index is 11.2. The minimum absolute atomic E-state index is 0.576. The van der Waals surface area contributed by atoms with Crippen molar-refractivity contribution in [1.29, 1.82) is 0 Å². The van der Waals surface area contributed by atoms with Gasteiger partial charge < -0.3 is 8.86 Å². The molecule has 0 spiro atoms. The lowest BCUT2D eigenvalue weighted by Gasteiger charge is -2.26. The van der Waals surface area contributed by atoms with Gasteiger partial charge in [0.15, 0.2) is 0 Å². The Hall–Kier alpha value is -0.870. The molecule has 18 heavy (non-hydrogen) atoms. The molecular weight excluding hydrogens is 246 g/mol. The van der Waals surface area contributed by atoms with Gasteiger partial charge in [-0.2, -0.15) is 0 Å². The Morgan fingerprint density at radius 3 is 2.28 bits per heavy atom. The third-order valence-corrected chi connectivity index (χ3v) is 3.69. The van der Waals surface area contributed by atoms with Crippen LogP contribution in [0.25, 0.3) is 0 Å². The molecular formula is C14H22NO2S-. The summed E-state index contributed by atoms with van der Waals surface area (Å²) in [5, 5.41) is 0. The number of nitrogens with zero attached hydrogens (tertiary/aromatic N) is 1. The van der Waals surface area contributed by atoms with Crippen LogP contribution in [0.5, 0.6) is 0 Å². The van der Waals surface area contributed by atoms with Crippen LogP contribution in [0.2, 0.25) is 0 Å². The van der Waals surface area contributed by atoms with Gasteiger partial charge in [0.2, 0.25) is 0 Å². The average molecular weight is 268 g/mol. The summed E-state index contributed by atoms with van der Waals surface area (Å²) in [5.41, 5.74) is 0.749. The smallest absolute Gasteiger partial charge is 0.0482 e. The van der Waals surface area contributed by atoms with Crippen LogP contribution in [0.4, 0.5) is 5.69 Å². The maximum absolute atomic E-state index is 11.2. The highest BCUT2D eigenvalue weighted by Crippen LogP contribution is 2.16. The van der Waals surface area contributed by atoms with Crippen molar-refractivity contribution in [3.8, 4) is 0 Å². The zero-order valence-electron chi connectivity index (χ0n) is 11.0. The number of para-hydroxylation sites is 1. The van der Waals surface area contributed by atoms with Crippen molar-refractivity contribution in [2.24, 2.45) is 0 Å². The number of unbranched alkanes of at least 4 members (excludes halogenated alkanes) is 5. The summed E-state index contributed by atoms with van der Waals surface area (Å²) in [6, 6.07) is 9.26. The molecule has 1 unspecified atom stereocenters. The van der Waals surface area contributed by atoms with Crippen molar-refractivity contribution in [3.05, 3.63) is 30.3 Å². The van der Waals surface area contributed by atoms with E-state index in [1.54, 1.807) is 0 Å². The van der Waals surface area contributed by atoms with Gasteiger partial charge in [0.05, 0.1) is 0 Å². The van der Waals surface area contributed by atoms with E-state index < -0.39 is 11.3 Å². The Kier molecular flexibility index (Phi) is 7.69. The average Bonchev–Trinajstić information content (AvgIpc) is 2.38. The topological polar surface area (TPSA) is 43.4 Å². The Bertz CT molecular complexity index is 343. The predicted molar refractivity (Wildman–Crippen MR) is 76.1 cm³/mol. The lowest BCUT2D eigenvalue weighted by molar-refractivity contribution is 0.528. The summed E-state index contributed by atoms with van der Waals surface area (Å²) in [4.78, 5) is 0. The van der Waals surface area contributed by atoms with Gasteiger partial charge in [-0.3, -0.25) is 4.21 Å². The van der Waals surface area contributed by atoms with E-state index in [4.69, 9.17) is 0 Å². The summed E-state index contributed by atoms with van der Waals surface area (Å²) in [7, 11) is 0. The molecule has 1 aromatic carbocycles. The van der Waals surface area contributed by atoms with Crippen molar-refractivity contribution in [2.75, 3.05) is 10.8 Å². The summed E-state index contributed by atoms with van der Waals surface area (Å²) < 4.78 is 23.8. The minimum Gasteiger partial charge on any atom is -0.755 e. The molecule has 0 N–H and O–H groups in total. The third-order valence-electron chi connectivity index (χ3n) is 2.94. The molecule has 0 aliphatic rings. The first-order valence-electron chi connectivity index (χ1n) is 6.67. The van der Waals surface area contributed by atoms with Crippen LogP contribution >= 0.6 is 0 Å². The van der Waals surface area contributed by atoms with E-state index in [-0.39, 0.29) is 0 Å². The Labute approximate surface area is 113 Å². The zero-order valence-corrected chi connectivity index (χ0v) is 11.8. The van der Waals surface area contributed by atoms with Gasteiger partial charge in [0, 0.05) is 23.5 Å². The molecule has 0 aromatic heterocycles. The molecule has 1 atom stereocenters. The first-order valence-corrected chi connectivity index (χ1v) is 7.71. The lowest BCUT2D eigenvalue weighted by Crippen LogP contribution is -2.26.